The Bertz CT molecular complexity index is 1730. The van der Waals surface area contributed by atoms with E-state index in [1.165, 1.54) is 0 Å². The Hall–Kier alpha value is -4.84. The summed E-state index contributed by atoms with van der Waals surface area (Å²) in [5.74, 6) is 0.378. The number of aromatic amines is 1. The van der Waals surface area contributed by atoms with Gasteiger partial charge in [0.15, 0.2) is 6.10 Å². The molecule has 6 aromatic rings. The van der Waals surface area contributed by atoms with Gasteiger partial charge in [-0.15, -0.1) is 0 Å². The lowest BCUT2D eigenvalue weighted by molar-refractivity contribution is 0.0388. The maximum absolute atomic E-state index is 13.4. The van der Waals surface area contributed by atoms with Crippen LogP contribution in [0.15, 0.2) is 97.5 Å². The van der Waals surface area contributed by atoms with Gasteiger partial charge in [0.25, 0.3) is 0 Å². The van der Waals surface area contributed by atoms with Gasteiger partial charge >= 0.3 is 5.97 Å². The van der Waals surface area contributed by atoms with E-state index in [4.69, 9.17) is 9.72 Å². The molecule has 0 bridgehead atoms. The number of rotatable bonds is 3. The van der Waals surface area contributed by atoms with Gasteiger partial charge < -0.3 is 9.72 Å². The number of esters is 1. The maximum Gasteiger partial charge on any atom is 0.339 e. The molecule has 1 aliphatic carbocycles. The van der Waals surface area contributed by atoms with Crippen molar-refractivity contribution in [1.82, 2.24) is 19.9 Å². The number of hydrogen-bond donors (Lipinski definition) is 1. The third-order valence-corrected chi connectivity index (χ3v) is 6.52. The normalized spacial score (nSPS) is 14.1. The molecule has 1 N–H and O–H groups in total. The van der Waals surface area contributed by atoms with E-state index in [1.807, 2.05) is 66.7 Å². The molecule has 1 aliphatic rings. The first kappa shape index (κ1) is 19.6. The van der Waals surface area contributed by atoms with Crippen molar-refractivity contribution in [3.8, 4) is 22.5 Å². The summed E-state index contributed by atoms with van der Waals surface area (Å²) in [6.45, 7) is 0. The van der Waals surface area contributed by atoms with E-state index >= 15 is 0 Å². The Morgan fingerprint density at radius 3 is 2.60 bits per heavy atom. The van der Waals surface area contributed by atoms with Crippen molar-refractivity contribution >= 4 is 27.9 Å². The smallest absolute Gasteiger partial charge is 0.339 e. The molecule has 1 atom stereocenters. The molecule has 3 heterocycles. The van der Waals surface area contributed by atoms with Crippen LogP contribution < -0.4 is 0 Å². The highest BCUT2D eigenvalue weighted by molar-refractivity contribution is 6.04. The summed E-state index contributed by atoms with van der Waals surface area (Å²) in [5, 5.41) is 0.774. The minimum atomic E-state index is -0.522. The largest absolute Gasteiger partial charge is 0.449 e. The predicted molar refractivity (Wildman–Crippen MR) is 134 cm³/mol. The van der Waals surface area contributed by atoms with Crippen LogP contribution in [0.4, 0.5) is 0 Å². The second-order valence-corrected chi connectivity index (χ2v) is 8.50. The first-order valence-corrected chi connectivity index (χ1v) is 11.3. The molecule has 0 aliphatic heterocycles. The monoisotopic (exact) mass is 454 g/mol. The highest BCUT2D eigenvalue weighted by atomic mass is 16.5. The van der Waals surface area contributed by atoms with Crippen LogP contribution in [-0.2, 0) is 4.74 Å². The lowest BCUT2D eigenvalue weighted by atomic mass is 9.99. The number of pyridine rings is 2. The van der Waals surface area contributed by atoms with Gasteiger partial charge in [0.05, 0.1) is 28.3 Å². The van der Waals surface area contributed by atoms with Gasteiger partial charge in [-0.1, -0.05) is 54.6 Å². The van der Waals surface area contributed by atoms with E-state index in [0.717, 1.165) is 55.6 Å². The Kier molecular flexibility index (Phi) is 4.26. The van der Waals surface area contributed by atoms with Crippen molar-refractivity contribution < 1.29 is 9.53 Å². The molecule has 6 nitrogen and oxygen atoms in total. The summed E-state index contributed by atoms with van der Waals surface area (Å²) >= 11 is 0. The fourth-order valence-corrected chi connectivity index (χ4v) is 4.97. The molecule has 0 saturated heterocycles. The van der Waals surface area contributed by atoms with Gasteiger partial charge in [-0.2, -0.15) is 0 Å². The molecule has 7 rings (SSSR count). The van der Waals surface area contributed by atoms with Crippen LogP contribution in [0.25, 0.3) is 44.5 Å². The van der Waals surface area contributed by atoms with Crippen LogP contribution >= 0.6 is 0 Å². The number of fused-ring (bicyclic) bond motifs is 5. The number of nitrogens with one attached hydrogen (secondary N) is 1. The number of carbonyl (C=O) groups is 1. The standard InChI is InChI=1S/C29H18N4O2/c34-29(20-8-4-12-23-17(20)11-5-14-31-23)35-27-19-7-2-1-6-18(19)26-21(27)9-3-10-22(26)28-32-24-13-15-30-16-25(24)33-28/h1-16,27H,(H,32,33). The summed E-state index contributed by atoms with van der Waals surface area (Å²) in [6.07, 6.45) is 4.70. The molecule has 35 heavy (non-hydrogen) atoms. The number of nitrogens with zero attached hydrogens (tertiary/aromatic N) is 3. The zero-order chi connectivity index (χ0) is 23.4. The van der Waals surface area contributed by atoms with Crippen LogP contribution in [0.3, 0.4) is 0 Å². The van der Waals surface area contributed by atoms with Crippen molar-refractivity contribution in [2.45, 2.75) is 6.10 Å². The number of carbonyl (C=O) groups excluding carboxylic acids is 1. The lowest BCUT2D eigenvalue weighted by Crippen LogP contribution is -2.11. The van der Waals surface area contributed by atoms with Crippen LogP contribution in [-0.4, -0.2) is 25.9 Å². The first-order valence-electron chi connectivity index (χ1n) is 11.3. The molecule has 166 valence electrons. The average molecular weight is 454 g/mol. The highest BCUT2D eigenvalue weighted by Gasteiger charge is 2.34. The molecule has 0 saturated carbocycles. The summed E-state index contributed by atoms with van der Waals surface area (Å²) in [5.41, 5.74) is 7.90. The maximum atomic E-state index is 13.4. The summed E-state index contributed by atoms with van der Waals surface area (Å²) in [6, 6.07) is 25.2. The SMILES string of the molecule is O=C(OC1c2ccccc2-c2c(-c3nc4ccncc4[nH]3)cccc21)c1cccc2ncccc12. The van der Waals surface area contributed by atoms with Crippen molar-refractivity contribution in [2.75, 3.05) is 0 Å². The number of benzene rings is 3. The Morgan fingerprint density at radius 2 is 1.66 bits per heavy atom. The van der Waals surface area contributed by atoms with Gasteiger partial charge in [0, 0.05) is 40.0 Å². The quantitative estimate of drug-likeness (QED) is 0.327. The van der Waals surface area contributed by atoms with Crippen LogP contribution in [0.1, 0.15) is 27.6 Å². The van der Waals surface area contributed by atoms with Crippen LogP contribution in [0.2, 0.25) is 0 Å². The van der Waals surface area contributed by atoms with E-state index in [2.05, 4.69) is 21.0 Å². The van der Waals surface area contributed by atoms with Crippen LogP contribution in [0.5, 0.6) is 0 Å². The van der Waals surface area contributed by atoms with Gasteiger partial charge in [-0.05, 0) is 29.8 Å². The van der Waals surface area contributed by atoms with Gasteiger partial charge in [0.1, 0.15) is 5.82 Å². The molecule has 1 unspecified atom stereocenters. The molecule has 3 aromatic carbocycles. The van der Waals surface area contributed by atoms with E-state index < -0.39 is 6.10 Å². The Balaban J connectivity index is 1.36. The molecule has 0 amide bonds. The first-order chi connectivity index (χ1) is 17.3. The number of ether oxygens (including phenoxy) is 1. The topological polar surface area (TPSA) is 80.8 Å². The fourth-order valence-electron chi connectivity index (χ4n) is 4.97. The van der Waals surface area contributed by atoms with Crippen LogP contribution in [0, 0.1) is 0 Å². The molecule has 0 radical (unpaired) electrons. The minimum Gasteiger partial charge on any atom is -0.449 e. The van der Waals surface area contributed by atoms with Gasteiger partial charge in [-0.25, -0.2) is 9.78 Å². The minimum absolute atomic E-state index is 0.378. The zero-order valence-corrected chi connectivity index (χ0v) is 18.5. The number of imidazole rings is 1. The van der Waals surface area contributed by atoms with Gasteiger partial charge in [0.2, 0.25) is 0 Å². The Labute approximate surface area is 200 Å². The second-order valence-electron chi connectivity index (χ2n) is 8.50. The van der Waals surface area contributed by atoms with E-state index in [0.29, 0.717) is 5.56 Å². The van der Waals surface area contributed by atoms with E-state index in [9.17, 15) is 4.79 Å². The van der Waals surface area contributed by atoms with Crippen molar-refractivity contribution in [1.29, 1.82) is 0 Å². The zero-order valence-electron chi connectivity index (χ0n) is 18.5. The number of hydrogen-bond acceptors (Lipinski definition) is 5. The highest BCUT2D eigenvalue weighted by Crippen LogP contribution is 2.49. The third-order valence-electron chi connectivity index (χ3n) is 6.52. The summed E-state index contributed by atoms with van der Waals surface area (Å²) in [7, 11) is 0. The molecule has 0 fully saturated rings. The molecule has 6 heteroatoms. The summed E-state index contributed by atoms with van der Waals surface area (Å²) < 4.78 is 6.20. The van der Waals surface area contributed by atoms with Crippen molar-refractivity contribution in [3.05, 3.63) is 114 Å². The fraction of sp³-hybridized carbons (Fsp3) is 0.0345. The molecule has 0 spiro atoms. The molecule has 3 aromatic heterocycles. The third kappa shape index (κ3) is 3.04. The van der Waals surface area contributed by atoms with Gasteiger partial charge in [-0.3, -0.25) is 9.97 Å². The van der Waals surface area contributed by atoms with E-state index in [1.54, 1.807) is 24.7 Å². The summed E-state index contributed by atoms with van der Waals surface area (Å²) in [4.78, 5) is 30.2. The molecular formula is C29H18N4O2. The number of H-pyrrole nitrogens is 1. The predicted octanol–water partition coefficient (Wildman–Crippen LogP) is 6.10. The second kappa shape index (κ2) is 7.60. The Morgan fingerprint density at radius 1 is 0.800 bits per heavy atom. The van der Waals surface area contributed by atoms with Crippen molar-refractivity contribution in [3.63, 3.8) is 0 Å². The molecular weight excluding hydrogens is 436 g/mol. The van der Waals surface area contributed by atoms with Crippen molar-refractivity contribution in [2.24, 2.45) is 0 Å². The lowest BCUT2D eigenvalue weighted by Gasteiger charge is -2.16. The van der Waals surface area contributed by atoms with E-state index in [-0.39, 0.29) is 5.97 Å². The average Bonchev–Trinajstić information content (AvgIpc) is 3.48. The number of aromatic nitrogens is 4.